The molecule has 1 heterocycles. The largest absolute Gasteiger partial charge is 0.504 e. The van der Waals surface area contributed by atoms with E-state index in [4.69, 9.17) is 14.2 Å². The minimum atomic E-state index is -2.39. The first-order chi connectivity index (χ1) is 9.80. The highest BCUT2D eigenvalue weighted by molar-refractivity contribution is 5.97. The number of carbonyl (C=O) groups excluding carboxylic acids is 1. The molecule has 0 aromatic heterocycles. The quantitative estimate of drug-likeness (QED) is 0.669. The maximum absolute atomic E-state index is 12.1. The fraction of sp³-hybridized carbons (Fsp3) is 0.500. The molecule has 0 unspecified atom stereocenters. The molecule has 0 spiro atoms. The van der Waals surface area contributed by atoms with E-state index in [2.05, 4.69) is 0 Å². The van der Waals surface area contributed by atoms with E-state index < -0.39 is 18.2 Å². The number of ether oxygens (including phenoxy) is 3. The molecule has 1 aromatic carbocycles. The van der Waals surface area contributed by atoms with E-state index in [0.29, 0.717) is 0 Å². The van der Waals surface area contributed by atoms with Crippen LogP contribution in [0.1, 0.15) is 37.0 Å². The summed E-state index contributed by atoms with van der Waals surface area (Å²) in [6, 6.07) is 2.69. The molecule has 0 fully saturated rings. The van der Waals surface area contributed by atoms with Crippen molar-refractivity contribution in [1.82, 2.24) is 0 Å². The third-order valence-electron chi connectivity index (χ3n) is 2.81. The number of fused-ring (bicyclic) bond motifs is 1. The first-order valence-corrected chi connectivity index (χ1v) is 6.49. The van der Waals surface area contributed by atoms with Gasteiger partial charge in [0.2, 0.25) is 12.2 Å². The second-order valence-electron chi connectivity index (χ2n) is 5.06. The molecular formula is C14H16F2O5. The topological polar surface area (TPSA) is 65.0 Å². The van der Waals surface area contributed by atoms with Crippen LogP contribution < -0.4 is 9.47 Å². The standard InChI is InChI=1S/C14H16F2O5/c1-14(2)20-12-8(17)5-6-9(11(12)13(18)21-14)19-7-3-4-10(15)16/h5-6,10,17H,3-4,7H2,1-2H3. The van der Waals surface area contributed by atoms with Gasteiger partial charge in [-0.25, -0.2) is 13.6 Å². The van der Waals surface area contributed by atoms with E-state index in [1.807, 2.05) is 0 Å². The molecule has 1 aliphatic rings. The van der Waals surface area contributed by atoms with E-state index in [-0.39, 0.29) is 42.3 Å². The van der Waals surface area contributed by atoms with Crippen molar-refractivity contribution in [2.24, 2.45) is 0 Å². The molecule has 1 aliphatic heterocycles. The van der Waals surface area contributed by atoms with Gasteiger partial charge in [-0.15, -0.1) is 0 Å². The molecule has 21 heavy (non-hydrogen) atoms. The SMILES string of the molecule is CC1(C)OC(=O)c2c(OCCCC(F)F)ccc(O)c2O1. The predicted octanol–water partition coefficient (Wildman–Crippen LogP) is 3.10. The normalized spacial score (nSPS) is 16.1. The van der Waals surface area contributed by atoms with Crippen LogP contribution in [-0.4, -0.2) is 29.9 Å². The Bertz CT molecular complexity index is 542. The summed E-state index contributed by atoms with van der Waals surface area (Å²) in [5.41, 5.74) is -0.0358. The lowest BCUT2D eigenvalue weighted by Crippen LogP contribution is -2.39. The van der Waals surface area contributed by atoms with Gasteiger partial charge in [0.05, 0.1) is 6.61 Å². The van der Waals surface area contributed by atoms with Crippen LogP contribution in [0.5, 0.6) is 17.2 Å². The lowest BCUT2D eigenvalue weighted by Gasteiger charge is -2.32. The number of phenolic OH excluding ortho intramolecular Hbond substituents is 1. The first-order valence-electron chi connectivity index (χ1n) is 6.49. The summed E-state index contributed by atoms with van der Waals surface area (Å²) >= 11 is 0. The van der Waals surface area contributed by atoms with Crippen LogP contribution in [0.4, 0.5) is 8.78 Å². The summed E-state index contributed by atoms with van der Waals surface area (Å²) in [7, 11) is 0. The Balaban J connectivity index is 2.19. The summed E-state index contributed by atoms with van der Waals surface area (Å²) in [6.07, 6.45) is -2.53. The van der Waals surface area contributed by atoms with Crippen LogP contribution in [0.2, 0.25) is 0 Å². The second kappa shape index (κ2) is 5.75. The van der Waals surface area contributed by atoms with Gasteiger partial charge in [0.15, 0.2) is 11.5 Å². The van der Waals surface area contributed by atoms with Crippen LogP contribution >= 0.6 is 0 Å². The van der Waals surface area contributed by atoms with Gasteiger partial charge in [-0.3, -0.25) is 0 Å². The van der Waals surface area contributed by atoms with Crippen LogP contribution in [-0.2, 0) is 4.74 Å². The van der Waals surface area contributed by atoms with Crippen molar-refractivity contribution in [2.45, 2.75) is 38.9 Å². The molecule has 0 saturated heterocycles. The van der Waals surface area contributed by atoms with Crippen molar-refractivity contribution in [1.29, 1.82) is 0 Å². The molecule has 116 valence electrons. The van der Waals surface area contributed by atoms with E-state index in [9.17, 15) is 18.7 Å². The zero-order chi connectivity index (χ0) is 15.6. The number of aromatic hydroxyl groups is 1. The maximum Gasteiger partial charge on any atom is 0.349 e. The van der Waals surface area contributed by atoms with Crippen LogP contribution in [0.25, 0.3) is 0 Å². The molecule has 0 aliphatic carbocycles. The third-order valence-corrected chi connectivity index (χ3v) is 2.81. The van der Waals surface area contributed by atoms with Gasteiger partial charge in [0.25, 0.3) is 0 Å². The number of carbonyl (C=O) groups is 1. The van der Waals surface area contributed by atoms with Crippen LogP contribution in [0.15, 0.2) is 12.1 Å². The van der Waals surface area contributed by atoms with Crippen molar-refractivity contribution >= 4 is 5.97 Å². The Morgan fingerprint density at radius 1 is 1.33 bits per heavy atom. The second-order valence-corrected chi connectivity index (χ2v) is 5.06. The van der Waals surface area contributed by atoms with Crippen molar-refractivity contribution in [3.63, 3.8) is 0 Å². The Morgan fingerprint density at radius 3 is 2.71 bits per heavy atom. The first kappa shape index (κ1) is 15.3. The van der Waals surface area contributed by atoms with E-state index in [1.54, 1.807) is 0 Å². The number of halogens is 2. The van der Waals surface area contributed by atoms with Crippen LogP contribution in [0.3, 0.4) is 0 Å². The minimum absolute atomic E-state index is 0.0254. The zero-order valence-electron chi connectivity index (χ0n) is 11.7. The van der Waals surface area contributed by atoms with Gasteiger partial charge >= 0.3 is 5.97 Å². The molecule has 0 radical (unpaired) electrons. The molecule has 2 rings (SSSR count). The Hall–Kier alpha value is -2.05. The molecule has 1 aromatic rings. The average Bonchev–Trinajstić information content (AvgIpc) is 2.36. The number of benzene rings is 1. The van der Waals surface area contributed by atoms with E-state index in [0.717, 1.165) is 0 Å². The molecule has 0 amide bonds. The fourth-order valence-corrected chi connectivity index (χ4v) is 1.93. The highest BCUT2D eigenvalue weighted by Gasteiger charge is 2.38. The summed E-state index contributed by atoms with van der Waals surface area (Å²) in [5, 5.41) is 9.79. The molecular weight excluding hydrogens is 286 g/mol. The van der Waals surface area contributed by atoms with Gasteiger partial charge < -0.3 is 19.3 Å². The Kier molecular flexibility index (Phi) is 4.20. The summed E-state index contributed by atoms with van der Waals surface area (Å²) in [5.74, 6) is -1.99. The number of hydrogen-bond donors (Lipinski definition) is 1. The van der Waals surface area contributed by atoms with Gasteiger partial charge in [0.1, 0.15) is 11.3 Å². The fourth-order valence-electron chi connectivity index (χ4n) is 1.93. The number of rotatable bonds is 5. The average molecular weight is 302 g/mol. The van der Waals surface area contributed by atoms with Gasteiger partial charge in [-0.1, -0.05) is 0 Å². The highest BCUT2D eigenvalue weighted by Crippen LogP contribution is 2.43. The van der Waals surface area contributed by atoms with Crippen molar-refractivity contribution in [2.75, 3.05) is 6.61 Å². The number of phenols is 1. The summed E-state index contributed by atoms with van der Waals surface area (Å²) in [6.45, 7) is 3.09. The third kappa shape index (κ3) is 3.53. The van der Waals surface area contributed by atoms with Crippen molar-refractivity contribution in [3.8, 4) is 17.2 Å². The summed E-state index contributed by atoms with van der Waals surface area (Å²) < 4.78 is 39.9. The molecule has 7 heteroatoms. The van der Waals surface area contributed by atoms with Crippen molar-refractivity contribution < 1.29 is 32.9 Å². The number of alkyl halides is 2. The zero-order valence-corrected chi connectivity index (χ0v) is 11.7. The van der Waals surface area contributed by atoms with Gasteiger partial charge in [-0.05, 0) is 18.6 Å². The van der Waals surface area contributed by atoms with Gasteiger partial charge in [0, 0.05) is 20.3 Å². The molecule has 0 atom stereocenters. The molecule has 0 saturated carbocycles. The minimum Gasteiger partial charge on any atom is -0.504 e. The number of hydrogen-bond acceptors (Lipinski definition) is 5. The summed E-state index contributed by atoms with van der Waals surface area (Å²) in [4.78, 5) is 12.0. The molecule has 0 bridgehead atoms. The van der Waals surface area contributed by atoms with E-state index in [1.165, 1.54) is 26.0 Å². The number of cyclic esters (lactones) is 1. The smallest absolute Gasteiger partial charge is 0.349 e. The predicted molar refractivity (Wildman–Crippen MR) is 69.0 cm³/mol. The van der Waals surface area contributed by atoms with E-state index >= 15 is 0 Å². The number of esters is 1. The van der Waals surface area contributed by atoms with Crippen molar-refractivity contribution in [3.05, 3.63) is 17.7 Å². The van der Waals surface area contributed by atoms with Gasteiger partial charge in [-0.2, -0.15) is 0 Å². The Labute approximate surface area is 120 Å². The molecule has 5 nitrogen and oxygen atoms in total. The monoisotopic (exact) mass is 302 g/mol. The molecule has 1 N–H and O–H groups in total. The van der Waals surface area contributed by atoms with Crippen LogP contribution in [0, 0.1) is 0 Å². The highest BCUT2D eigenvalue weighted by atomic mass is 19.3. The maximum atomic E-state index is 12.1. The lowest BCUT2D eigenvalue weighted by molar-refractivity contribution is -0.128. The lowest BCUT2D eigenvalue weighted by atomic mass is 10.1. The Morgan fingerprint density at radius 2 is 2.05 bits per heavy atom.